The standard InChI is InChI=1S/C9H10N4O3S/c1-17-9(10)12-11-5-6-2-3-8(14)7(4-6)13(15)16/h2-5,14H,1H3,(H2,10,12)/b11-5-. The summed E-state index contributed by atoms with van der Waals surface area (Å²) < 4.78 is 0. The quantitative estimate of drug-likeness (QED) is 0.365. The Labute approximate surface area is 101 Å². The van der Waals surface area contributed by atoms with E-state index in [2.05, 4.69) is 10.2 Å². The van der Waals surface area contributed by atoms with Crippen molar-refractivity contribution in [2.24, 2.45) is 15.9 Å². The third-order valence-corrected chi connectivity index (χ3v) is 2.27. The number of aromatic hydroxyl groups is 1. The number of nitrogens with two attached hydrogens (primary N) is 1. The molecule has 0 aliphatic rings. The van der Waals surface area contributed by atoms with Gasteiger partial charge in [0.15, 0.2) is 10.9 Å². The fraction of sp³-hybridized carbons (Fsp3) is 0.111. The number of hydrogen-bond donors (Lipinski definition) is 2. The third-order valence-electron chi connectivity index (χ3n) is 1.77. The van der Waals surface area contributed by atoms with Crippen LogP contribution in [0.2, 0.25) is 0 Å². The van der Waals surface area contributed by atoms with E-state index in [0.29, 0.717) is 5.56 Å². The first-order chi connectivity index (χ1) is 8.04. The maximum atomic E-state index is 10.6. The van der Waals surface area contributed by atoms with Crippen LogP contribution in [-0.2, 0) is 0 Å². The number of amidine groups is 1. The van der Waals surface area contributed by atoms with Gasteiger partial charge in [0.1, 0.15) is 0 Å². The molecule has 0 aromatic heterocycles. The second-order valence-electron chi connectivity index (χ2n) is 2.89. The van der Waals surface area contributed by atoms with Crippen molar-refractivity contribution >= 4 is 28.8 Å². The van der Waals surface area contributed by atoms with Crippen LogP contribution in [0.5, 0.6) is 5.75 Å². The highest BCUT2D eigenvalue weighted by atomic mass is 32.2. The fourth-order valence-corrected chi connectivity index (χ4v) is 1.09. The summed E-state index contributed by atoms with van der Waals surface area (Å²) in [5.41, 5.74) is 5.46. The summed E-state index contributed by atoms with van der Waals surface area (Å²) in [6.07, 6.45) is 3.06. The van der Waals surface area contributed by atoms with Gasteiger partial charge in [-0.05, 0) is 18.4 Å². The maximum Gasteiger partial charge on any atom is 0.311 e. The van der Waals surface area contributed by atoms with Crippen LogP contribution in [0.15, 0.2) is 28.4 Å². The normalized spacial score (nSPS) is 11.9. The van der Waals surface area contributed by atoms with Gasteiger partial charge in [-0.1, -0.05) is 11.8 Å². The second kappa shape index (κ2) is 5.85. The molecular weight excluding hydrogens is 244 g/mol. The van der Waals surface area contributed by atoms with Crippen molar-refractivity contribution in [1.82, 2.24) is 0 Å². The van der Waals surface area contributed by atoms with Crippen molar-refractivity contribution in [3.63, 3.8) is 0 Å². The van der Waals surface area contributed by atoms with E-state index in [1.807, 2.05) is 0 Å². The van der Waals surface area contributed by atoms with Crippen LogP contribution in [0.25, 0.3) is 0 Å². The van der Waals surface area contributed by atoms with Gasteiger partial charge in [0.25, 0.3) is 0 Å². The summed E-state index contributed by atoms with van der Waals surface area (Å²) in [6, 6.07) is 3.90. The van der Waals surface area contributed by atoms with E-state index in [0.717, 1.165) is 0 Å². The van der Waals surface area contributed by atoms with Crippen molar-refractivity contribution in [1.29, 1.82) is 0 Å². The molecule has 0 unspecified atom stereocenters. The Morgan fingerprint density at radius 3 is 2.94 bits per heavy atom. The van der Waals surface area contributed by atoms with Gasteiger partial charge in [0, 0.05) is 11.6 Å². The summed E-state index contributed by atoms with van der Waals surface area (Å²) in [6.45, 7) is 0. The average molecular weight is 254 g/mol. The monoisotopic (exact) mass is 254 g/mol. The molecule has 0 radical (unpaired) electrons. The minimum atomic E-state index is -0.674. The predicted octanol–water partition coefficient (Wildman–Crippen LogP) is 1.31. The summed E-state index contributed by atoms with van der Waals surface area (Å²) >= 11 is 1.24. The van der Waals surface area contributed by atoms with Gasteiger partial charge in [-0.3, -0.25) is 10.1 Å². The minimum Gasteiger partial charge on any atom is -0.502 e. The zero-order valence-corrected chi connectivity index (χ0v) is 9.72. The molecule has 0 saturated heterocycles. The SMILES string of the molecule is CS/C(N)=N/N=C\c1ccc(O)c([N+](=O)[O-])c1. The average Bonchev–Trinajstić information content (AvgIpc) is 2.30. The molecule has 7 nitrogen and oxygen atoms in total. The lowest BCUT2D eigenvalue weighted by Crippen LogP contribution is -2.03. The van der Waals surface area contributed by atoms with Crippen LogP contribution in [-0.4, -0.2) is 27.7 Å². The molecular formula is C9H10N4O3S. The van der Waals surface area contributed by atoms with E-state index in [4.69, 9.17) is 5.73 Å². The molecule has 0 aliphatic heterocycles. The van der Waals surface area contributed by atoms with Crippen molar-refractivity contribution in [2.45, 2.75) is 0 Å². The van der Waals surface area contributed by atoms with Crippen molar-refractivity contribution < 1.29 is 10.0 Å². The number of rotatable bonds is 3. The molecule has 0 bridgehead atoms. The Bertz CT molecular complexity index is 487. The highest BCUT2D eigenvalue weighted by Gasteiger charge is 2.12. The number of phenols is 1. The van der Waals surface area contributed by atoms with E-state index in [-0.39, 0.29) is 16.6 Å². The molecule has 0 atom stereocenters. The molecule has 3 N–H and O–H groups in total. The molecule has 90 valence electrons. The molecule has 0 fully saturated rings. The number of benzene rings is 1. The summed E-state index contributed by atoms with van der Waals surface area (Å²) in [5, 5.41) is 27.3. The van der Waals surface area contributed by atoms with Gasteiger partial charge in [0.2, 0.25) is 0 Å². The van der Waals surface area contributed by atoms with Crippen LogP contribution < -0.4 is 5.73 Å². The highest BCUT2D eigenvalue weighted by molar-refractivity contribution is 8.13. The lowest BCUT2D eigenvalue weighted by Gasteiger charge is -1.96. The zero-order chi connectivity index (χ0) is 12.8. The lowest BCUT2D eigenvalue weighted by atomic mass is 10.2. The molecule has 8 heteroatoms. The largest absolute Gasteiger partial charge is 0.502 e. The third kappa shape index (κ3) is 3.76. The summed E-state index contributed by atoms with van der Waals surface area (Å²) in [4.78, 5) is 9.88. The highest BCUT2D eigenvalue weighted by Crippen LogP contribution is 2.25. The summed E-state index contributed by atoms with van der Waals surface area (Å²) in [7, 11) is 0. The maximum absolute atomic E-state index is 10.6. The minimum absolute atomic E-state index is 0.287. The van der Waals surface area contributed by atoms with Crippen LogP contribution in [0.1, 0.15) is 5.56 Å². The second-order valence-corrected chi connectivity index (χ2v) is 3.72. The number of nitro groups is 1. The van der Waals surface area contributed by atoms with E-state index in [9.17, 15) is 15.2 Å². The Balaban J connectivity index is 2.94. The Hall–Kier alpha value is -2.09. The first-order valence-electron chi connectivity index (χ1n) is 4.42. The van der Waals surface area contributed by atoms with Gasteiger partial charge in [0.05, 0.1) is 11.1 Å². The van der Waals surface area contributed by atoms with Crippen LogP contribution in [0.3, 0.4) is 0 Å². The lowest BCUT2D eigenvalue weighted by molar-refractivity contribution is -0.385. The molecule has 0 spiro atoms. The molecule has 0 aliphatic carbocycles. The first-order valence-corrected chi connectivity index (χ1v) is 5.65. The smallest absolute Gasteiger partial charge is 0.311 e. The van der Waals surface area contributed by atoms with Crippen LogP contribution in [0, 0.1) is 10.1 Å². The summed E-state index contributed by atoms with van der Waals surface area (Å²) in [5.74, 6) is -0.390. The fourth-order valence-electron chi connectivity index (χ4n) is 0.960. The first kappa shape index (κ1) is 13.0. The van der Waals surface area contributed by atoms with Crippen molar-refractivity contribution in [2.75, 3.05) is 6.26 Å². The number of thioether (sulfide) groups is 1. The molecule has 0 saturated carbocycles. The van der Waals surface area contributed by atoms with Gasteiger partial charge in [-0.25, -0.2) is 0 Å². The van der Waals surface area contributed by atoms with E-state index >= 15 is 0 Å². The molecule has 1 aromatic rings. The molecule has 0 heterocycles. The molecule has 1 aromatic carbocycles. The van der Waals surface area contributed by atoms with E-state index in [1.165, 1.54) is 36.2 Å². The molecule has 17 heavy (non-hydrogen) atoms. The van der Waals surface area contributed by atoms with Gasteiger partial charge in [-0.2, -0.15) is 5.10 Å². The number of nitro benzene ring substituents is 1. The Kier molecular flexibility index (Phi) is 4.46. The predicted molar refractivity (Wildman–Crippen MR) is 67.5 cm³/mol. The molecule has 1 rings (SSSR count). The number of phenolic OH excluding ortho intramolecular Hbond substituents is 1. The number of hydrogen-bond acceptors (Lipinski definition) is 6. The Morgan fingerprint density at radius 2 is 2.35 bits per heavy atom. The van der Waals surface area contributed by atoms with Crippen LogP contribution >= 0.6 is 11.8 Å². The number of nitrogens with zero attached hydrogens (tertiary/aromatic N) is 3. The van der Waals surface area contributed by atoms with E-state index in [1.54, 1.807) is 6.26 Å². The van der Waals surface area contributed by atoms with Gasteiger partial charge >= 0.3 is 5.69 Å². The van der Waals surface area contributed by atoms with Crippen molar-refractivity contribution in [3.8, 4) is 5.75 Å². The van der Waals surface area contributed by atoms with E-state index < -0.39 is 4.92 Å². The van der Waals surface area contributed by atoms with Crippen LogP contribution in [0.4, 0.5) is 5.69 Å². The Morgan fingerprint density at radius 1 is 1.65 bits per heavy atom. The van der Waals surface area contributed by atoms with Gasteiger partial charge < -0.3 is 10.8 Å². The zero-order valence-electron chi connectivity index (χ0n) is 8.90. The van der Waals surface area contributed by atoms with Crippen molar-refractivity contribution in [3.05, 3.63) is 33.9 Å². The topological polar surface area (TPSA) is 114 Å². The molecule has 0 amide bonds. The van der Waals surface area contributed by atoms with Gasteiger partial charge in [-0.15, -0.1) is 5.10 Å².